The van der Waals surface area contributed by atoms with E-state index in [1.165, 1.54) is 0 Å². The van der Waals surface area contributed by atoms with Crippen LogP contribution in [0.25, 0.3) is 0 Å². The number of aryl methyl sites for hydroxylation is 3. The third kappa shape index (κ3) is 2.71. The number of hydrogen-bond donors (Lipinski definition) is 1. The number of imidazole rings is 1. The molecule has 0 unspecified atom stereocenters. The Balaban J connectivity index is 2.01. The Labute approximate surface area is 99.9 Å². The van der Waals surface area contributed by atoms with Gasteiger partial charge in [0, 0.05) is 18.9 Å². The summed E-state index contributed by atoms with van der Waals surface area (Å²) in [6.07, 6.45) is 5.48. The molecule has 6 nitrogen and oxygen atoms in total. The zero-order valence-corrected chi connectivity index (χ0v) is 10.3. The molecule has 0 saturated carbocycles. The molecule has 2 heterocycles. The van der Waals surface area contributed by atoms with Gasteiger partial charge in [-0.2, -0.15) is 0 Å². The standard InChI is InChI=1S/C11H17N5O/c1-9-12-4-5-15(9)6-7-16-8-10(13-14-16)11(2,3)17/h4-5,8,17H,6-7H2,1-3H3. The van der Waals surface area contributed by atoms with Gasteiger partial charge in [-0.25, -0.2) is 4.98 Å². The minimum absolute atomic E-state index is 0.583. The van der Waals surface area contributed by atoms with E-state index < -0.39 is 5.60 Å². The first-order chi connectivity index (χ1) is 7.97. The van der Waals surface area contributed by atoms with Crippen LogP contribution in [0.3, 0.4) is 0 Å². The molecule has 1 N–H and O–H groups in total. The van der Waals surface area contributed by atoms with Crippen LogP contribution in [0.4, 0.5) is 0 Å². The van der Waals surface area contributed by atoms with Gasteiger partial charge in [-0.3, -0.25) is 4.68 Å². The second kappa shape index (κ2) is 4.29. The fourth-order valence-corrected chi connectivity index (χ4v) is 1.54. The van der Waals surface area contributed by atoms with Gasteiger partial charge in [-0.1, -0.05) is 5.21 Å². The lowest BCUT2D eigenvalue weighted by molar-refractivity contribution is 0.0737. The van der Waals surface area contributed by atoms with Gasteiger partial charge in [0.15, 0.2) is 0 Å². The second-order valence-electron chi connectivity index (χ2n) is 4.59. The highest BCUT2D eigenvalue weighted by atomic mass is 16.3. The van der Waals surface area contributed by atoms with Crippen molar-refractivity contribution in [2.24, 2.45) is 0 Å². The van der Waals surface area contributed by atoms with Crippen LogP contribution in [0.1, 0.15) is 25.4 Å². The molecule has 6 heteroatoms. The topological polar surface area (TPSA) is 68.8 Å². The quantitative estimate of drug-likeness (QED) is 0.847. The molecule has 0 atom stereocenters. The van der Waals surface area contributed by atoms with Crippen LogP contribution in [0.15, 0.2) is 18.6 Å². The average Bonchev–Trinajstić information content (AvgIpc) is 2.82. The van der Waals surface area contributed by atoms with Crippen LogP contribution >= 0.6 is 0 Å². The Morgan fingerprint density at radius 2 is 2.12 bits per heavy atom. The van der Waals surface area contributed by atoms with Gasteiger partial charge < -0.3 is 9.67 Å². The van der Waals surface area contributed by atoms with E-state index in [2.05, 4.69) is 15.3 Å². The van der Waals surface area contributed by atoms with Crippen molar-refractivity contribution in [2.45, 2.75) is 39.5 Å². The number of hydrogen-bond acceptors (Lipinski definition) is 4. The summed E-state index contributed by atoms with van der Waals surface area (Å²) in [5, 5.41) is 17.7. The maximum atomic E-state index is 9.77. The number of aromatic nitrogens is 5. The number of rotatable bonds is 4. The molecule has 0 amide bonds. The number of aliphatic hydroxyl groups is 1. The Morgan fingerprint density at radius 3 is 2.65 bits per heavy atom. The van der Waals surface area contributed by atoms with Crippen molar-refractivity contribution in [1.29, 1.82) is 0 Å². The van der Waals surface area contributed by atoms with E-state index >= 15 is 0 Å². The summed E-state index contributed by atoms with van der Waals surface area (Å²) >= 11 is 0. The van der Waals surface area contributed by atoms with Gasteiger partial charge in [0.1, 0.15) is 17.1 Å². The zero-order chi connectivity index (χ0) is 12.5. The molecular weight excluding hydrogens is 218 g/mol. The van der Waals surface area contributed by atoms with Gasteiger partial charge in [0.2, 0.25) is 0 Å². The predicted octanol–water partition coefficient (Wildman–Crippen LogP) is 0.711. The van der Waals surface area contributed by atoms with Crippen LogP contribution in [-0.2, 0) is 18.7 Å². The van der Waals surface area contributed by atoms with Crippen LogP contribution in [-0.4, -0.2) is 29.7 Å². The zero-order valence-electron chi connectivity index (χ0n) is 10.3. The van der Waals surface area contributed by atoms with Crippen LogP contribution in [0, 0.1) is 6.92 Å². The molecule has 0 spiro atoms. The molecule has 92 valence electrons. The summed E-state index contributed by atoms with van der Waals surface area (Å²) < 4.78 is 3.78. The Kier molecular flexibility index (Phi) is 2.97. The molecule has 0 fully saturated rings. The van der Waals surface area contributed by atoms with Crippen LogP contribution < -0.4 is 0 Å². The predicted molar refractivity (Wildman–Crippen MR) is 62.2 cm³/mol. The summed E-state index contributed by atoms with van der Waals surface area (Å²) in [6, 6.07) is 0. The molecular formula is C11H17N5O. The van der Waals surface area contributed by atoms with Gasteiger partial charge in [0.25, 0.3) is 0 Å². The van der Waals surface area contributed by atoms with E-state index in [-0.39, 0.29) is 0 Å². The summed E-state index contributed by atoms with van der Waals surface area (Å²) in [7, 11) is 0. The van der Waals surface area contributed by atoms with Crippen molar-refractivity contribution in [3.63, 3.8) is 0 Å². The van der Waals surface area contributed by atoms with E-state index in [9.17, 15) is 5.11 Å². The van der Waals surface area contributed by atoms with Crippen LogP contribution in [0.5, 0.6) is 0 Å². The highest BCUT2D eigenvalue weighted by Gasteiger charge is 2.19. The normalized spacial score (nSPS) is 12.0. The largest absolute Gasteiger partial charge is 0.384 e. The van der Waals surface area contributed by atoms with E-state index in [4.69, 9.17) is 0 Å². The highest BCUT2D eigenvalue weighted by Crippen LogP contribution is 2.15. The van der Waals surface area contributed by atoms with Gasteiger partial charge in [-0.05, 0) is 20.8 Å². The SMILES string of the molecule is Cc1nccn1CCn1cc(C(C)(C)O)nn1. The van der Waals surface area contributed by atoms with E-state index in [1.807, 2.05) is 17.7 Å². The monoisotopic (exact) mass is 235 g/mol. The smallest absolute Gasteiger partial charge is 0.114 e. The van der Waals surface area contributed by atoms with Crippen LogP contribution in [0.2, 0.25) is 0 Å². The Morgan fingerprint density at radius 1 is 1.35 bits per heavy atom. The molecule has 2 aromatic heterocycles. The maximum Gasteiger partial charge on any atom is 0.114 e. The fraction of sp³-hybridized carbons (Fsp3) is 0.545. The molecule has 2 rings (SSSR count). The Hall–Kier alpha value is -1.69. The first-order valence-electron chi connectivity index (χ1n) is 5.57. The molecule has 2 aromatic rings. The van der Waals surface area contributed by atoms with Crippen molar-refractivity contribution in [2.75, 3.05) is 0 Å². The molecule has 0 aliphatic carbocycles. The third-order valence-electron chi connectivity index (χ3n) is 2.66. The molecule has 0 aliphatic heterocycles. The molecule has 0 radical (unpaired) electrons. The first-order valence-corrected chi connectivity index (χ1v) is 5.57. The third-order valence-corrected chi connectivity index (χ3v) is 2.66. The van der Waals surface area contributed by atoms with E-state index in [0.717, 1.165) is 12.4 Å². The lowest BCUT2D eigenvalue weighted by atomic mass is 10.1. The second-order valence-corrected chi connectivity index (χ2v) is 4.59. The minimum Gasteiger partial charge on any atom is -0.384 e. The van der Waals surface area contributed by atoms with Gasteiger partial charge >= 0.3 is 0 Å². The lowest BCUT2D eigenvalue weighted by Gasteiger charge is -2.11. The van der Waals surface area contributed by atoms with Crippen molar-refractivity contribution < 1.29 is 5.11 Å². The van der Waals surface area contributed by atoms with Crippen molar-refractivity contribution >= 4 is 0 Å². The van der Waals surface area contributed by atoms with E-state index in [1.54, 1.807) is 30.9 Å². The molecule has 0 saturated heterocycles. The summed E-state index contributed by atoms with van der Waals surface area (Å²) in [5.74, 6) is 0.979. The van der Waals surface area contributed by atoms with Gasteiger partial charge in [0.05, 0.1) is 12.7 Å². The average molecular weight is 235 g/mol. The van der Waals surface area contributed by atoms with Gasteiger partial charge in [-0.15, -0.1) is 5.10 Å². The summed E-state index contributed by atoms with van der Waals surface area (Å²) in [6.45, 7) is 6.85. The van der Waals surface area contributed by atoms with Crippen molar-refractivity contribution in [1.82, 2.24) is 24.5 Å². The molecule has 0 aliphatic rings. The summed E-state index contributed by atoms with van der Waals surface area (Å²) in [5.41, 5.74) is -0.358. The maximum absolute atomic E-state index is 9.77. The molecule has 0 aromatic carbocycles. The van der Waals surface area contributed by atoms with Crippen molar-refractivity contribution in [3.05, 3.63) is 30.1 Å². The highest BCUT2D eigenvalue weighted by molar-refractivity contribution is 5.02. The summed E-state index contributed by atoms with van der Waals surface area (Å²) in [4.78, 5) is 4.15. The Bertz CT molecular complexity index is 494. The number of nitrogens with zero attached hydrogens (tertiary/aromatic N) is 5. The molecule has 17 heavy (non-hydrogen) atoms. The molecule has 0 bridgehead atoms. The lowest BCUT2D eigenvalue weighted by Crippen LogP contribution is -2.16. The minimum atomic E-state index is -0.941. The van der Waals surface area contributed by atoms with Crippen molar-refractivity contribution in [3.8, 4) is 0 Å². The van der Waals surface area contributed by atoms with E-state index in [0.29, 0.717) is 12.2 Å². The first kappa shape index (κ1) is 11.8. The fourth-order valence-electron chi connectivity index (χ4n) is 1.54.